The molecular formula is C21H24BrN5O. The number of aromatic nitrogens is 3. The van der Waals surface area contributed by atoms with Crippen molar-refractivity contribution < 1.29 is 4.79 Å². The second kappa shape index (κ2) is 10.00. The number of anilines is 1. The monoisotopic (exact) mass is 441 g/mol. The predicted octanol–water partition coefficient (Wildman–Crippen LogP) is 5.23. The zero-order valence-electron chi connectivity index (χ0n) is 16.6. The maximum Gasteiger partial charge on any atom is 0.259 e. The minimum atomic E-state index is -0.0923. The first-order valence-electron chi connectivity index (χ1n) is 9.50. The van der Waals surface area contributed by atoms with E-state index in [0.29, 0.717) is 16.9 Å². The molecule has 7 heteroatoms. The zero-order chi connectivity index (χ0) is 20.7. The van der Waals surface area contributed by atoms with E-state index in [1.54, 1.807) is 40.0 Å². The molecule has 0 aliphatic heterocycles. The number of carbonyl (C=O) groups excluding carboxylic acids is 1. The second-order valence-electron chi connectivity index (χ2n) is 5.66. The van der Waals surface area contributed by atoms with Crippen molar-refractivity contribution in [2.45, 2.75) is 46.6 Å². The summed E-state index contributed by atoms with van der Waals surface area (Å²) in [5.41, 5.74) is 1.90. The third kappa shape index (κ3) is 4.57. The van der Waals surface area contributed by atoms with Crippen LogP contribution in [-0.4, -0.2) is 26.5 Å². The van der Waals surface area contributed by atoms with E-state index in [2.05, 4.69) is 26.0 Å². The average Bonchev–Trinajstić information content (AvgIpc) is 3.53. The number of nitriles is 1. The molecule has 0 radical (unpaired) electrons. The number of nitrogens with zero attached hydrogens (tertiary/aromatic N) is 5. The van der Waals surface area contributed by atoms with Crippen molar-refractivity contribution in [2.24, 2.45) is 0 Å². The highest BCUT2D eigenvalue weighted by Crippen LogP contribution is 2.32. The highest BCUT2D eigenvalue weighted by molar-refractivity contribution is 9.10. The van der Waals surface area contributed by atoms with E-state index in [1.165, 1.54) is 6.20 Å². The van der Waals surface area contributed by atoms with Crippen molar-refractivity contribution in [2.75, 3.05) is 4.90 Å². The zero-order valence-corrected chi connectivity index (χ0v) is 18.1. The van der Waals surface area contributed by atoms with Gasteiger partial charge in [0.25, 0.3) is 5.91 Å². The summed E-state index contributed by atoms with van der Waals surface area (Å²) in [4.78, 5) is 19.0. The van der Waals surface area contributed by atoms with Gasteiger partial charge < -0.3 is 0 Å². The van der Waals surface area contributed by atoms with E-state index in [9.17, 15) is 4.79 Å². The number of carbonyl (C=O) groups is 1. The van der Waals surface area contributed by atoms with Gasteiger partial charge in [-0.05, 0) is 53.0 Å². The van der Waals surface area contributed by atoms with Crippen molar-refractivity contribution >= 4 is 33.2 Å². The lowest BCUT2D eigenvalue weighted by Crippen LogP contribution is -2.33. The third-order valence-electron chi connectivity index (χ3n) is 3.98. The van der Waals surface area contributed by atoms with Crippen LogP contribution in [0, 0.1) is 11.3 Å². The number of fused-ring (bicyclic) bond motifs is 1. The number of amides is 1. The molecule has 4 rings (SSSR count). The Morgan fingerprint density at radius 3 is 2.50 bits per heavy atom. The SMILES string of the molecule is CC.CC.N#Cc1ccc(N(C(=O)c2ccn3ncc(Br)c3c2)C2CC2)nc1. The lowest BCUT2D eigenvalue weighted by molar-refractivity contribution is 0.0984. The van der Waals surface area contributed by atoms with E-state index >= 15 is 0 Å². The Morgan fingerprint density at radius 1 is 1.21 bits per heavy atom. The van der Waals surface area contributed by atoms with Gasteiger partial charge in [0.15, 0.2) is 0 Å². The number of hydrogen-bond acceptors (Lipinski definition) is 4. The number of pyridine rings is 2. The molecule has 1 aliphatic carbocycles. The van der Waals surface area contributed by atoms with Crippen LogP contribution in [0.15, 0.2) is 47.3 Å². The summed E-state index contributed by atoms with van der Waals surface area (Å²) in [7, 11) is 0. The molecule has 1 fully saturated rings. The molecule has 1 saturated carbocycles. The molecule has 1 aliphatic rings. The highest BCUT2D eigenvalue weighted by Gasteiger charge is 2.35. The topological polar surface area (TPSA) is 74.3 Å². The van der Waals surface area contributed by atoms with Crippen LogP contribution in [0.3, 0.4) is 0 Å². The first-order valence-corrected chi connectivity index (χ1v) is 10.3. The van der Waals surface area contributed by atoms with Gasteiger partial charge in [0.05, 0.1) is 21.7 Å². The molecule has 0 aromatic carbocycles. The molecule has 6 nitrogen and oxygen atoms in total. The van der Waals surface area contributed by atoms with E-state index in [1.807, 2.05) is 39.8 Å². The smallest absolute Gasteiger partial charge is 0.259 e. The van der Waals surface area contributed by atoms with Crippen LogP contribution >= 0.6 is 15.9 Å². The molecule has 146 valence electrons. The van der Waals surface area contributed by atoms with E-state index in [4.69, 9.17) is 5.26 Å². The molecule has 3 aromatic heterocycles. The van der Waals surface area contributed by atoms with Crippen LogP contribution in [0.25, 0.3) is 5.52 Å². The lowest BCUT2D eigenvalue weighted by Gasteiger charge is -2.21. The molecule has 0 bridgehead atoms. The van der Waals surface area contributed by atoms with E-state index in [-0.39, 0.29) is 11.9 Å². The molecule has 28 heavy (non-hydrogen) atoms. The van der Waals surface area contributed by atoms with Crippen LogP contribution in [-0.2, 0) is 0 Å². The highest BCUT2D eigenvalue weighted by atomic mass is 79.9. The normalized spacial score (nSPS) is 12.1. The largest absolute Gasteiger partial charge is 0.290 e. The Labute approximate surface area is 173 Å². The molecular weight excluding hydrogens is 418 g/mol. The van der Waals surface area contributed by atoms with Crippen LogP contribution in [0.2, 0.25) is 0 Å². The van der Waals surface area contributed by atoms with Gasteiger partial charge in [0, 0.05) is 24.0 Å². The van der Waals surface area contributed by atoms with Crippen molar-refractivity contribution in [1.29, 1.82) is 5.26 Å². The Hall–Kier alpha value is -2.72. The van der Waals surface area contributed by atoms with Crippen LogP contribution < -0.4 is 4.90 Å². The summed E-state index contributed by atoms with van der Waals surface area (Å²) in [6, 6.07) is 9.19. The Kier molecular flexibility index (Phi) is 7.70. The molecule has 3 heterocycles. The summed E-state index contributed by atoms with van der Waals surface area (Å²) in [5.74, 6) is 0.485. The predicted molar refractivity (Wildman–Crippen MR) is 114 cm³/mol. The minimum Gasteiger partial charge on any atom is -0.290 e. The Balaban J connectivity index is 0.000000660. The quantitative estimate of drug-likeness (QED) is 0.557. The van der Waals surface area contributed by atoms with Gasteiger partial charge in [-0.15, -0.1) is 0 Å². The molecule has 3 aromatic rings. The third-order valence-corrected chi connectivity index (χ3v) is 4.59. The fraction of sp³-hybridized carbons (Fsp3) is 0.333. The first kappa shape index (κ1) is 21.6. The van der Waals surface area contributed by atoms with Crippen molar-refractivity contribution in [3.05, 3.63) is 58.5 Å². The minimum absolute atomic E-state index is 0.0923. The van der Waals surface area contributed by atoms with Gasteiger partial charge in [0.2, 0.25) is 0 Å². The average molecular weight is 442 g/mol. The van der Waals surface area contributed by atoms with E-state index < -0.39 is 0 Å². The molecule has 0 saturated heterocycles. The van der Waals surface area contributed by atoms with Crippen LogP contribution in [0.1, 0.15) is 56.5 Å². The fourth-order valence-electron chi connectivity index (χ4n) is 2.61. The molecule has 0 spiro atoms. The van der Waals surface area contributed by atoms with Crippen LogP contribution in [0.4, 0.5) is 5.82 Å². The molecule has 0 atom stereocenters. The maximum atomic E-state index is 13.0. The number of rotatable bonds is 3. The Morgan fingerprint density at radius 2 is 1.93 bits per heavy atom. The van der Waals surface area contributed by atoms with Gasteiger partial charge in [-0.2, -0.15) is 10.4 Å². The standard InChI is InChI=1S/C17H12BrN5O.2C2H6/c18-14-10-21-22-6-5-12(7-15(14)22)17(24)23(13-2-3-13)16-4-1-11(8-19)9-20-16;2*1-2/h1,4-7,9-10,13H,2-3H2;2*1-2H3. The van der Waals surface area contributed by atoms with Gasteiger partial charge in [-0.1, -0.05) is 27.7 Å². The van der Waals surface area contributed by atoms with Gasteiger partial charge in [0.1, 0.15) is 11.9 Å². The Bertz CT molecular complexity index is 971. The van der Waals surface area contributed by atoms with Gasteiger partial charge in [-0.3, -0.25) is 9.69 Å². The first-order chi connectivity index (χ1) is 13.7. The van der Waals surface area contributed by atoms with Gasteiger partial charge in [-0.25, -0.2) is 9.50 Å². The lowest BCUT2D eigenvalue weighted by atomic mass is 10.2. The fourth-order valence-corrected chi connectivity index (χ4v) is 3.00. The molecule has 1 amide bonds. The second-order valence-corrected chi connectivity index (χ2v) is 6.52. The summed E-state index contributed by atoms with van der Waals surface area (Å²) in [5, 5.41) is 13.1. The maximum absolute atomic E-state index is 13.0. The summed E-state index contributed by atoms with van der Waals surface area (Å²) >= 11 is 3.44. The molecule has 0 N–H and O–H groups in total. The summed E-state index contributed by atoms with van der Waals surface area (Å²) < 4.78 is 2.55. The van der Waals surface area contributed by atoms with Gasteiger partial charge >= 0.3 is 0 Å². The van der Waals surface area contributed by atoms with Crippen LogP contribution in [0.5, 0.6) is 0 Å². The van der Waals surface area contributed by atoms with E-state index in [0.717, 1.165) is 22.8 Å². The van der Waals surface area contributed by atoms with Crippen molar-refractivity contribution in [3.8, 4) is 6.07 Å². The molecule has 0 unspecified atom stereocenters. The number of hydrogen-bond donors (Lipinski definition) is 0. The summed E-state index contributed by atoms with van der Waals surface area (Å²) in [6.45, 7) is 8.00. The van der Waals surface area contributed by atoms with Crippen molar-refractivity contribution in [3.63, 3.8) is 0 Å². The van der Waals surface area contributed by atoms with Crippen molar-refractivity contribution in [1.82, 2.24) is 14.6 Å². The summed E-state index contributed by atoms with van der Waals surface area (Å²) in [6.07, 6.45) is 6.89. The number of halogens is 1.